The van der Waals surface area contributed by atoms with Gasteiger partial charge in [0.2, 0.25) is 0 Å². The topological polar surface area (TPSA) is 55.1 Å². The SMILES string of the molecule is Cn1nc(C(=O)O)cc1-c1c(F)ccc(F)c1F. The van der Waals surface area contributed by atoms with Gasteiger partial charge in [-0.05, 0) is 18.2 Å². The van der Waals surface area contributed by atoms with Gasteiger partial charge in [-0.2, -0.15) is 5.10 Å². The molecule has 0 aliphatic carbocycles. The van der Waals surface area contributed by atoms with Gasteiger partial charge < -0.3 is 5.11 Å². The molecular formula is C11H7F3N2O2. The van der Waals surface area contributed by atoms with Crippen molar-refractivity contribution in [2.75, 3.05) is 0 Å². The van der Waals surface area contributed by atoms with Gasteiger partial charge in [-0.15, -0.1) is 0 Å². The quantitative estimate of drug-likeness (QED) is 0.838. The third kappa shape index (κ3) is 1.83. The van der Waals surface area contributed by atoms with E-state index in [0.717, 1.165) is 16.8 Å². The lowest BCUT2D eigenvalue weighted by Crippen LogP contribution is -2.01. The number of hydrogen-bond donors (Lipinski definition) is 1. The predicted molar refractivity (Wildman–Crippen MR) is 55.5 cm³/mol. The maximum atomic E-state index is 13.5. The number of carbonyl (C=O) groups is 1. The van der Waals surface area contributed by atoms with Gasteiger partial charge in [0.1, 0.15) is 5.82 Å². The second-order valence-corrected chi connectivity index (χ2v) is 3.56. The van der Waals surface area contributed by atoms with E-state index in [-0.39, 0.29) is 11.4 Å². The molecule has 0 aliphatic heterocycles. The molecule has 0 unspecified atom stereocenters. The highest BCUT2D eigenvalue weighted by Crippen LogP contribution is 2.27. The average molecular weight is 256 g/mol. The van der Waals surface area contributed by atoms with Crippen molar-refractivity contribution < 1.29 is 23.1 Å². The minimum atomic E-state index is -1.38. The summed E-state index contributed by atoms with van der Waals surface area (Å²) >= 11 is 0. The van der Waals surface area contributed by atoms with E-state index < -0.39 is 29.0 Å². The Balaban J connectivity index is 2.69. The van der Waals surface area contributed by atoms with Crippen LogP contribution in [0.2, 0.25) is 0 Å². The molecule has 0 amide bonds. The second-order valence-electron chi connectivity index (χ2n) is 3.56. The van der Waals surface area contributed by atoms with Crippen LogP contribution in [0.25, 0.3) is 11.3 Å². The van der Waals surface area contributed by atoms with Crippen LogP contribution in [0.5, 0.6) is 0 Å². The van der Waals surface area contributed by atoms with E-state index in [1.54, 1.807) is 0 Å². The van der Waals surface area contributed by atoms with Gasteiger partial charge in [-0.25, -0.2) is 18.0 Å². The van der Waals surface area contributed by atoms with Gasteiger partial charge in [0, 0.05) is 7.05 Å². The zero-order valence-electron chi connectivity index (χ0n) is 9.12. The van der Waals surface area contributed by atoms with Gasteiger partial charge in [-0.1, -0.05) is 0 Å². The summed E-state index contributed by atoms with van der Waals surface area (Å²) in [6.45, 7) is 0. The lowest BCUT2D eigenvalue weighted by Gasteiger charge is -2.05. The second kappa shape index (κ2) is 4.17. The molecule has 0 fully saturated rings. The lowest BCUT2D eigenvalue weighted by molar-refractivity contribution is 0.0689. The van der Waals surface area contributed by atoms with E-state index in [2.05, 4.69) is 5.10 Å². The summed E-state index contributed by atoms with van der Waals surface area (Å²) in [5, 5.41) is 12.3. The van der Waals surface area contributed by atoms with Gasteiger partial charge in [0.25, 0.3) is 0 Å². The van der Waals surface area contributed by atoms with Crippen LogP contribution in [0.1, 0.15) is 10.5 Å². The van der Waals surface area contributed by atoms with Crippen LogP contribution in [-0.4, -0.2) is 20.9 Å². The first kappa shape index (κ1) is 12.2. The number of aromatic nitrogens is 2. The van der Waals surface area contributed by atoms with Gasteiger partial charge in [0.05, 0.1) is 11.3 Å². The fraction of sp³-hybridized carbons (Fsp3) is 0.0909. The fourth-order valence-corrected chi connectivity index (χ4v) is 1.57. The summed E-state index contributed by atoms with van der Waals surface area (Å²) in [7, 11) is 1.31. The van der Waals surface area contributed by atoms with Crippen LogP contribution < -0.4 is 0 Å². The first-order valence-corrected chi connectivity index (χ1v) is 4.83. The Labute approximate surface area is 99.3 Å². The minimum absolute atomic E-state index is 0.151. The van der Waals surface area contributed by atoms with Crippen LogP contribution in [0, 0.1) is 17.5 Å². The van der Waals surface area contributed by atoms with Crippen molar-refractivity contribution in [1.29, 1.82) is 0 Å². The molecule has 0 atom stereocenters. The number of aryl methyl sites for hydroxylation is 1. The molecule has 2 aromatic rings. The number of hydrogen-bond acceptors (Lipinski definition) is 2. The summed E-state index contributed by atoms with van der Waals surface area (Å²) in [6.07, 6.45) is 0. The number of aromatic carboxylic acids is 1. The van der Waals surface area contributed by atoms with E-state index in [0.29, 0.717) is 6.07 Å². The molecule has 0 saturated carbocycles. The standard InChI is InChI=1S/C11H7F3N2O2/c1-16-8(4-7(15-16)11(17)18)9-5(12)2-3-6(13)10(9)14/h2-4H,1H3,(H,17,18). The number of carboxylic acid groups (broad SMARTS) is 1. The van der Waals surface area contributed by atoms with Crippen LogP contribution in [0.3, 0.4) is 0 Å². The maximum Gasteiger partial charge on any atom is 0.356 e. The van der Waals surface area contributed by atoms with Crippen molar-refractivity contribution in [3.63, 3.8) is 0 Å². The van der Waals surface area contributed by atoms with Crippen LogP contribution in [-0.2, 0) is 7.05 Å². The minimum Gasteiger partial charge on any atom is -0.476 e. The van der Waals surface area contributed by atoms with Crippen molar-refractivity contribution in [2.45, 2.75) is 0 Å². The maximum absolute atomic E-state index is 13.5. The molecule has 4 nitrogen and oxygen atoms in total. The third-order valence-electron chi connectivity index (χ3n) is 2.40. The van der Waals surface area contributed by atoms with E-state index >= 15 is 0 Å². The molecule has 0 aliphatic rings. The molecule has 0 saturated heterocycles. The fourth-order valence-electron chi connectivity index (χ4n) is 1.57. The normalized spacial score (nSPS) is 10.7. The zero-order chi connectivity index (χ0) is 13.4. The van der Waals surface area contributed by atoms with Gasteiger partial charge in [0.15, 0.2) is 17.3 Å². The highest BCUT2D eigenvalue weighted by Gasteiger charge is 2.21. The molecule has 1 heterocycles. The van der Waals surface area contributed by atoms with E-state index in [4.69, 9.17) is 5.11 Å². The molecule has 94 valence electrons. The summed E-state index contributed by atoms with van der Waals surface area (Å²) in [6, 6.07) is 2.40. The molecule has 1 aromatic heterocycles. The molecule has 0 radical (unpaired) electrons. The number of nitrogens with zero attached hydrogens (tertiary/aromatic N) is 2. The average Bonchev–Trinajstić information content (AvgIpc) is 2.67. The monoisotopic (exact) mass is 256 g/mol. The molecule has 1 N–H and O–H groups in total. The van der Waals surface area contributed by atoms with E-state index in [1.165, 1.54) is 7.05 Å². The zero-order valence-corrected chi connectivity index (χ0v) is 9.12. The first-order valence-electron chi connectivity index (χ1n) is 4.83. The molecule has 0 spiro atoms. The number of carboxylic acids is 1. The van der Waals surface area contributed by atoms with Crippen LogP contribution in [0.4, 0.5) is 13.2 Å². The van der Waals surface area contributed by atoms with Crippen molar-refractivity contribution in [2.24, 2.45) is 7.05 Å². The Kier molecular flexibility index (Phi) is 2.82. The molecule has 0 bridgehead atoms. The first-order chi connectivity index (χ1) is 8.41. The van der Waals surface area contributed by atoms with Crippen molar-refractivity contribution in [3.8, 4) is 11.3 Å². The highest BCUT2D eigenvalue weighted by molar-refractivity contribution is 5.87. The number of rotatable bonds is 2. The highest BCUT2D eigenvalue weighted by atomic mass is 19.2. The Hall–Kier alpha value is -2.31. The molecule has 18 heavy (non-hydrogen) atoms. The van der Waals surface area contributed by atoms with Crippen LogP contribution in [0.15, 0.2) is 18.2 Å². The largest absolute Gasteiger partial charge is 0.476 e. The predicted octanol–water partition coefficient (Wildman–Crippen LogP) is 2.20. The van der Waals surface area contributed by atoms with Crippen molar-refractivity contribution in [1.82, 2.24) is 9.78 Å². The lowest BCUT2D eigenvalue weighted by atomic mass is 10.1. The van der Waals surface area contributed by atoms with E-state index in [1.807, 2.05) is 0 Å². The molecule has 7 heteroatoms. The number of benzene rings is 1. The van der Waals surface area contributed by atoms with Crippen LogP contribution >= 0.6 is 0 Å². The Morgan fingerprint density at radius 3 is 2.44 bits per heavy atom. The van der Waals surface area contributed by atoms with Gasteiger partial charge >= 0.3 is 5.97 Å². The Morgan fingerprint density at radius 2 is 1.89 bits per heavy atom. The molecule has 2 rings (SSSR count). The van der Waals surface area contributed by atoms with E-state index in [9.17, 15) is 18.0 Å². The molecule has 1 aromatic carbocycles. The summed E-state index contributed by atoms with van der Waals surface area (Å²) in [5.74, 6) is -4.93. The number of halogens is 3. The summed E-state index contributed by atoms with van der Waals surface area (Å²) in [5.41, 5.74) is -1.17. The summed E-state index contributed by atoms with van der Waals surface area (Å²) < 4.78 is 41.1. The third-order valence-corrected chi connectivity index (χ3v) is 2.40. The van der Waals surface area contributed by atoms with Crippen molar-refractivity contribution in [3.05, 3.63) is 41.3 Å². The Bertz CT molecular complexity index is 637. The van der Waals surface area contributed by atoms with Crippen molar-refractivity contribution >= 4 is 5.97 Å². The smallest absolute Gasteiger partial charge is 0.356 e. The van der Waals surface area contributed by atoms with Gasteiger partial charge in [-0.3, -0.25) is 4.68 Å². The molecular weight excluding hydrogens is 249 g/mol. The summed E-state index contributed by atoms with van der Waals surface area (Å²) in [4.78, 5) is 10.7. The Morgan fingerprint density at radius 1 is 1.28 bits per heavy atom.